The summed E-state index contributed by atoms with van der Waals surface area (Å²) in [6, 6.07) is 0.756. The van der Waals surface area contributed by atoms with Crippen molar-refractivity contribution in [1.82, 2.24) is 10.6 Å². The first kappa shape index (κ1) is 33.7. The maximum Gasteiger partial charge on any atom is 0.341 e. The third-order valence-corrected chi connectivity index (χ3v) is 12.1. The zero-order valence-corrected chi connectivity index (χ0v) is 28.1. The fourth-order valence-electron chi connectivity index (χ4n) is 9.33. The topological polar surface area (TPSA) is 171 Å². The quantitative estimate of drug-likeness (QED) is 0.205. The normalized spacial score (nSPS) is 49.6. The van der Waals surface area contributed by atoms with Gasteiger partial charge in [0.15, 0.2) is 5.60 Å². The lowest BCUT2D eigenvalue weighted by Crippen LogP contribution is -2.63. The zero-order chi connectivity index (χ0) is 32.4. The minimum Gasteiger partial charge on any atom is -0.457 e. The summed E-state index contributed by atoms with van der Waals surface area (Å²) >= 11 is 0. The van der Waals surface area contributed by atoms with E-state index in [1.54, 1.807) is 0 Å². The monoisotopic (exact) mass is 634 g/mol. The molecule has 0 radical (unpaired) electrons. The Balaban J connectivity index is 1.02. The summed E-state index contributed by atoms with van der Waals surface area (Å²) in [5, 5.41) is 18.5. The number of Topliss-reactive ketones (excluding diaryl/α,β-unsaturated/α-hetero) is 1. The second-order valence-electron chi connectivity index (χ2n) is 16.3. The number of ketones is 1. The van der Waals surface area contributed by atoms with Crippen LogP contribution in [0.5, 0.6) is 0 Å². The molecule has 0 bridgehead atoms. The molecule has 5 aliphatic heterocycles. The first-order valence-electron chi connectivity index (χ1n) is 17.6. The van der Waals surface area contributed by atoms with Crippen molar-refractivity contribution in [1.29, 1.82) is 0 Å². The molecule has 256 valence electrons. The van der Waals surface area contributed by atoms with E-state index in [2.05, 4.69) is 24.5 Å². The maximum absolute atomic E-state index is 13.5. The van der Waals surface area contributed by atoms with E-state index < -0.39 is 29.3 Å². The first-order valence-corrected chi connectivity index (χ1v) is 17.6. The number of carbonyl (C=O) groups excluding carboxylic acids is 2. The molecule has 0 aromatic rings. The van der Waals surface area contributed by atoms with E-state index in [0.717, 1.165) is 38.5 Å². The van der Waals surface area contributed by atoms with Crippen LogP contribution in [0.15, 0.2) is 0 Å². The summed E-state index contributed by atoms with van der Waals surface area (Å²) in [6.45, 7) is 12.1. The highest BCUT2D eigenvalue weighted by atomic mass is 16.7. The molecule has 6 aliphatic rings. The highest BCUT2D eigenvalue weighted by molar-refractivity contribution is 5.84. The molecule has 1 saturated carbocycles. The predicted molar refractivity (Wildman–Crippen MR) is 168 cm³/mol. The Labute approximate surface area is 268 Å². The number of ether oxygens (including phenoxy) is 4. The van der Waals surface area contributed by atoms with Crippen LogP contribution in [0.3, 0.4) is 0 Å². The van der Waals surface area contributed by atoms with Gasteiger partial charge in [-0.05, 0) is 90.4 Å². The van der Waals surface area contributed by atoms with Crippen molar-refractivity contribution >= 4 is 11.8 Å². The lowest BCUT2D eigenvalue weighted by molar-refractivity contribution is -0.257. The molecule has 0 spiro atoms. The van der Waals surface area contributed by atoms with Crippen molar-refractivity contribution in [2.24, 2.45) is 41.1 Å². The minimum atomic E-state index is -0.993. The van der Waals surface area contributed by atoms with Gasteiger partial charge in [-0.1, -0.05) is 13.8 Å². The molecule has 11 heteroatoms. The first-order chi connectivity index (χ1) is 21.1. The highest BCUT2D eigenvalue weighted by Crippen LogP contribution is 2.48. The summed E-state index contributed by atoms with van der Waals surface area (Å²) < 4.78 is 24.7. The summed E-state index contributed by atoms with van der Waals surface area (Å²) in [7, 11) is 0. The molecular formula is C34H58N4O7. The number of aliphatic hydroxyl groups excluding tert-OH is 1. The molecule has 1 aliphatic carbocycles. The number of rotatable bonds is 7. The smallest absolute Gasteiger partial charge is 0.341 e. The number of carbonyl (C=O) groups is 2. The van der Waals surface area contributed by atoms with Gasteiger partial charge in [-0.25, -0.2) is 4.79 Å². The molecule has 11 nitrogen and oxygen atoms in total. The van der Waals surface area contributed by atoms with Crippen LogP contribution < -0.4 is 22.1 Å². The van der Waals surface area contributed by atoms with Gasteiger partial charge in [0.2, 0.25) is 0 Å². The third kappa shape index (κ3) is 6.88. The van der Waals surface area contributed by atoms with Crippen molar-refractivity contribution in [3.63, 3.8) is 0 Å². The van der Waals surface area contributed by atoms with Crippen LogP contribution >= 0.6 is 0 Å². The Morgan fingerprint density at radius 1 is 1.00 bits per heavy atom. The van der Waals surface area contributed by atoms with E-state index in [1.807, 2.05) is 27.7 Å². The Morgan fingerprint density at radius 2 is 1.73 bits per heavy atom. The van der Waals surface area contributed by atoms with Crippen molar-refractivity contribution < 1.29 is 33.6 Å². The maximum atomic E-state index is 13.5. The van der Waals surface area contributed by atoms with E-state index in [9.17, 15) is 14.7 Å². The van der Waals surface area contributed by atoms with Crippen molar-refractivity contribution in [3.05, 3.63) is 0 Å². The number of epoxide rings is 1. The molecule has 5 heterocycles. The van der Waals surface area contributed by atoms with E-state index in [-0.39, 0.29) is 54.4 Å². The summed E-state index contributed by atoms with van der Waals surface area (Å²) in [6.07, 6.45) is 4.57. The molecule has 45 heavy (non-hydrogen) atoms. The number of nitrogens with one attached hydrogen (secondary N) is 2. The lowest BCUT2D eigenvalue weighted by Gasteiger charge is -2.53. The molecule has 6 fully saturated rings. The SMILES string of the molecule is CC1CC(=O)C2C(CC3OC(C)(C)[C@H](OC(=O)[C@]4(C)O[C@@H]4CCC4CC(N)NC(C5CC(N)NC(C(C)C)C5)C4)CC3C2O)O1. The summed E-state index contributed by atoms with van der Waals surface area (Å²) in [5.74, 6) is 0.278. The zero-order valence-electron chi connectivity index (χ0n) is 28.1. The predicted octanol–water partition coefficient (Wildman–Crippen LogP) is 2.11. The van der Waals surface area contributed by atoms with E-state index in [1.165, 1.54) is 0 Å². The molecule has 6 rings (SSSR count). The highest BCUT2D eigenvalue weighted by Gasteiger charge is 2.62. The van der Waals surface area contributed by atoms with Gasteiger partial charge in [-0.15, -0.1) is 0 Å². The van der Waals surface area contributed by atoms with Crippen molar-refractivity contribution in [2.75, 3.05) is 0 Å². The van der Waals surface area contributed by atoms with Crippen molar-refractivity contribution in [3.8, 4) is 0 Å². The van der Waals surface area contributed by atoms with Gasteiger partial charge in [0.05, 0.1) is 54.4 Å². The Bertz CT molecular complexity index is 1110. The average molecular weight is 635 g/mol. The fraction of sp³-hybridized carbons (Fsp3) is 0.941. The van der Waals surface area contributed by atoms with Gasteiger partial charge < -0.3 is 35.5 Å². The van der Waals surface area contributed by atoms with Crippen LogP contribution in [-0.4, -0.2) is 89.1 Å². The van der Waals surface area contributed by atoms with Crippen LogP contribution in [0.4, 0.5) is 0 Å². The molecule has 15 atom stereocenters. The molecule has 5 saturated heterocycles. The second-order valence-corrected chi connectivity index (χ2v) is 16.3. The van der Waals surface area contributed by atoms with Gasteiger partial charge in [0.25, 0.3) is 0 Å². The van der Waals surface area contributed by atoms with Gasteiger partial charge in [0, 0.05) is 30.8 Å². The fourth-order valence-corrected chi connectivity index (χ4v) is 9.33. The number of aliphatic hydroxyl groups is 1. The molecule has 0 amide bonds. The number of esters is 1. The lowest BCUT2D eigenvalue weighted by atomic mass is 9.67. The third-order valence-electron chi connectivity index (χ3n) is 12.1. The number of piperidine rings is 2. The molecular weight excluding hydrogens is 576 g/mol. The molecule has 12 unspecified atom stereocenters. The van der Waals surface area contributed by atoms with E-state index >= 15 is 0 Å². The van der Waals surface area contributed by atoms with Crippen molar-refractivity contribution in [2.45, 2.75) is 172 Å². The van der Waals surface area contributed by atoms with Gasteiger partial charge >= 0.3 is 5.97 Å². The number of hydrogen-bond donors (Lipinski definition) is 5. The number of hydrogen-bond acceptors (Lipinski definition) is 11. The largest absolute Gasteiger partial charge is 0.457 e. The van der Waals surface area contributed by atoms with E-state index in [0.29, 0.717) is 49.1 Å². The standard InChI is InChI=1S/C34H58N4O7/c1-16(2)21-12-19(13-29(36)37-21)22-10-18(11-28(35)38-22)7-8-26-34(6,45-26)32(41)43-27-14-20-24(44-33(27,4)5)15-25-30(31(20)40)23(39)9-17(3)42-25/h16-22,24-31,37-38,40H,7-15,35-36H2,1-6H3/t17?,18?,19?,20?,21?,22?,24?,25?,26-,27-,28?,29?,30?,31?,34-/m1/s1. The van der Waals surface area contributed by atoms with Crippen LogP contribution in [0.2, 0.25) is 0 Å². The Kier molecular flexibility index (Phi) is 9.51. The number of fused-ring (bicyclic) bond motifs is 2. The Morgan fingerprint density at radius 3 is 2.47 bits per heavy atom. The molecule has 7 N–H and O–H groups in total. The minimum absolute atomic E-state index is 0.0115. The molecule has 0 aromatic carbocycles. The van der Waals surface area contributed by atoms with E-state index in [4.69, 9.17) is 30.4 Å². The summed E-state index contributed by atoms with van der Waals surface area (Å²) in [4.78, 5) is 26.4. The number of nitrogens with two attached hydrogens (primary N) is 2. The van der Waals surface area contributed by atoms with Gasteiger partial charge in [-0.3, -0.25) is 15.4 Å². The molecule has 0 aromatic heterocycles. The van der Waals surface area contributed by atoms with Gasteiger partial charge in [0.1, 0.15) is 11.9 Å². The van der Waals surface area contributed by atoms with Crippen LogP contribution in [0, 0.1) is 29.6 Å². The summed E-state index contributed by atoms with van der Waals surface area (Å²) in [5.41, 5.74) is 11.1. The van der Waals surface area contributed by atoms with Gasteiger partial charge in [-0.2, -0.15) is 0 Å². The average Bonchev–Trinajstić information content (AvgIpc) is 3.62. The van der Waals surface area contributed by atoms with Crippen LogP contribution in [-0.2, 0) is 28.5 Å². The Hall–Kier alpha value is -1.18. The van der Waals surface area contributed by atoms with Crippen LogP contribution in [0.1, 0.15) is 99.3 Å². The second kappa shape index (κ2) is 12.7. The van der Waals surface area contributed by atoms with Crippen LogP contribution in [0.25, 0.3) is 0 Å².